The zero-order valence-electron chi connectivity index (χ0n) is 81.4. The number of nitrogens with one attached hydrogen (secondary N) is 5. The smallest absolute Gasteiger partial charge is 0.416 e. The quantitative estimate of drug-likeness (QED) is 0.0562. The number of rotatable bonds is 18. The molecule has 0 atom stereocenters. The first-order valence-corrected chi connectivity index (χ1v) is 47.3. The average molecular weight is 1720 g/mol. The van der Waals surface area contributed by atoms with Gasteiger partial charge in [-0.3, -0.25) is 14.4 Å². The van der Waals surface area contributed by atoms with E-state index in [4.69, 9.17) is 4.74 Å². The number of amides is 3. The van der Waals surface area contributed by atoms with E-state index in [9.17, 15) is 44.4 Å². The van der Waals surface area contributed by atoms with Crippen molar-refractivity contribution in [2.45, 2.75) is 420 Å². The van der Waals surface area contributed by atoms with E-state index in [1.807, 2.05) is 133 Å². The maximum atomic E-state index is 12.9. The number of carbonyl (C=O) groups excluding carboxylic acids is 3. The first-order valence-electron chi connectivity index (χ1n) is 44.4. The molecule has 0 aromatic heterocycles. The fraction of sp³-hybridized carbons (Fsp3) is 0.621. The minimum absolute atomic E-state index is 0.0329. The molecule has 121 heavy (non-hydrogen) atoms. The van der Waals surface area contributed by atoms with Crippen LogP contribution in [0.25, 0.3) is 0 Å². The summed E-state index contributed by atoms with van der Waals surface area (Å²) >= 11 is 0. The number of hydrogen-bond donors (Lipinski definition) is 5. The van der Waals surface area contributed by atoms with Crippen molar-refractivity contribution in [2.75, 3.05) is 6.61 Å². The van der Waals surface area contributed by atoms with E-state index in [2.05, 4.69) is 186 Å². The fourth-order valence-electron chi connectivity index (χ4n) is 14.0. The molecule has 6 aromatic rings. The van der Waals surface area contributed by atoms with Crippen molar-refractivity contribution in [3.05, 3.63) is 192 Å². The molecule has 3 amide bonds. The first kappa shape index (κ1) is 105. The Morgan fingerprint density at radius 2 is 0.736 bits per heavy atom. The van der Waals surface area contributed by atoms with E-state index in [1.165, 1.54) is 101 Å². The second kappa shape index (κ2) is 39.4. The van der Waals surface area contributed by atoms with Crippen LogP contribution < -0.4 is 30.1 Å². The molecule has 6 aromatic carbocycles. The number of hydrogen-bond acceptors (Lipinski definition) is 8. The van der Waals surface area contributed by atoms with Crippen molar-refractivity contribution in [3.63, 3.8) is 0 Å². The molecular weight excluding hydrogens is 1560 g/mol. The minimum atomic E-state index is -4.46. The largest absolute Gasteiger partial charge is 0.493 e. The van der Waals surface area contributed by atoms with E-state index in [1.54, 1.807) is 46.8 Å². The van der Waals surface area contributed by atoms with Crippen LogP contribution in [0.4, 0.5) is 13.2 Å². The molecule has 0 unspecified atom stereocenters. The molecule has 0 bridgehead atoms. The van der Waals surface area contributed by atoms with Crippen LogP contribution in [0.1, 0.15) is 446 Å². The van der Waals surface area contributed by atoms with Gasteiger partial charge in [0.1, 0.15) is 5.75 Å². The van der Waals surface area contributed by atoms with E-state index in [0.29, 0.717) is 61.2 Å². The molecule has 10 rings (SSSR count). The molecule has 18 heteroatoms. The second-order valence-electron chi connectivity index (χ2n) is 44.4. The fourth-order valence-corrected chi connectivity index (χ4v) is 17.7. The maximum absolute atomic E-state index is 12.9. The molecular formula is C103H158F3N5O8S2. The normalized spacial score (nSPS) is 15.6. The molecule has 3 fully saturated rings. The van der Waals surface area contributed by atoms with Crippen molar-refractivity contribution in [3.8, 4) is 5.75 Å². The lowest BCUT2D eigenvalue weighted by molar-refractivity contribution is -0.137. The van der Waals surface area contributed by atoms with E-state index in [-0.39, 0.29) is 51.1 Å². The van der Waals surface area contributed by atoms with Gasteiger partial charge in [-0.1, -0.05) is 215 Å². The van der Waals surface area contributed by atoms with Crippen LogP contribution in [0, 0.1) is 0 Å². The van der Waals surface area contributed by atoms with Gasteiger partial charge in [0.25, 0.3) is 17.7 Å². The lowest BCUT2D eigenvalue weighted by Gasteiger charge is -2.33. The number of sulfonamides is 2. The number of alkyl halides is 3. The number of halogens is 3. The Bertz CT molecular complexity index is 4690. The number of fused-ring (bicyclic) bond motifs is 2. The van der Waals surface area contributed by atoms with Gasteiger partial charge >= 0.3 is 6.18 Å². The Morgan fingerprint density at radius 3 is 1.05 bits per heavy atom. The minimum Gasteiger partial charge on any atom is -0.493 e. The summed E-state index contributed by atoms with van der Waals surface area (Å²) < 4.78 is 101. The van der Waals surface area contributed by atoms with Gasteiger partial charge in [0.05, 0.1) is 22.0 Å². The SMILES string of the molecule is CC(C)NC(=O)c1cc(C(C)C)cc(C2(C)CC2)c1.CC(C)c1cc(C(=O)NC(C)(C)C)cc(C(F)(F)F)c1.CC(C)c1cc(C(=O)NC(C)(C)C)cc(C2(C)CC2)c1.CC(C)c1cc(C(C)(C)C)c2c(c1)C1(CCO2)CC1.CC(C)c1ccc(S(=O)(=O)NC(C)(C)C)c(C(C)(C)C)c1.CCC(C)(C)NS(=O)(=O)c1ccc(C(C)C)cc1C(C)(C)C. The summed E-state index contributed by atoms with van der Waals surface area (Å²) in [6.45, 7) is 76.7. The summed E-state index contributed by atoms with van der Waals surface area (Å²) in [6, 6.07) is 32.7. The monoisotopic (exact) mass is 1710 g/mol. The summed E-state index contributed by atoms with van der Waals surface area (Å²) in [5.74, 6) is 2.94. The van der Waals surface area contributed by atoms with E-state index in [0.717, 1.165) is 53.0 Å². The van der Waals surface area contributed by atoms with Crippen LogP contribution in [-0.4, -0.2) is 69.4 Å². The molecule has 0 radical (unpaired) electrons. The summed E-state index contributed by atoms with van der Waals surface area (Å²) in [7, 11) is -7.06. The third kappa shape index (κ3) is 31.1. The van der Waals surface area contributed by atoms with Gasteiger partial charge in [-0.2, -0.15) is 13.2 Å². The van der Waals surface area contributed by atoms with Crippen molar-refractivity contribution in [2.24, 2.45) is 0 Å². The summed E-state index contributed by atoms with van der Waals surface area (Å²) in [4.78, 5) is 37.5. The number of benzene rings is 6. The van der Waals surface area contributed by atoms with E-state index >= 15 is 0 Å². The molecule has 1 heterocycles. The Labute approximate surface area is 732 Å². The van der Waals surface area contributed by atoms with Crippen LogP contribution in [0.15, 0.2) is 113 Å². The molecule has 13 nitrogen and oxygen atoms in total. The summed E-state index contributed by atoms with van der Waals surface area (Å²) in [6.07, 6.45) is 5.14. The Morgan fingerprint density at radius 1 is 0.397 bits per heavy atom. The van der Waals surface area contributed by atoms with Crippen LogP contribution in [0.3, 0.4) is 0 Å². The van der Waals surface area contributed by atoms with Gasteiger partial charge < -0.3 is 20.7 Å². The summed E-state index contributed by atoms with van der Waals surface area (Å²) in [5.41, 5.74) is 14.1. The second-order valence-corrected chi connectivity index (χ2v) is 47.7. The van der Waals surface area contributed by atoms with Gasteiger partial charge in [0, 0.05) is 61.4 Å². The standard InChI is InChI=1S/C18H31NO2S.C18H27NO.C18H26O.C17H29NO2S.C17H25NO.C15H20F3NO/c1-9-18(7,8)19-22(20,21)16-11-10-14(13(2)3)12-15(16)17(4,5)6;1-12(2)13-9-14(16(20)19-17(3,4)5)11-15(10-13)18(6)7-8-18;1-12(2)13-10-14(17(3,4)5)16-15(11-13)18(6-7-18)8-9-19-16;1-12(2)13-9-10-15(14(11-13)16(3,4)5)21(19,20)18-17(6,7)8;1-11(2)13-8-14(16(19)18-12(3)4)10-15(9-13)17(5)6-7-17;1-9(2)10-6-11(13(20)19-14(3,4)5)8-12(7-10)15(16,17)18/h10-13,19H,9H2,1-8H3;9-12H,7-8H2,1-6H3,(H,19,20);10-12H,6-9H2,1-5H3;9-12,18H,1-8H3;8-12H,6-7H2,1-5H3,(H,18,19);6-9H,1-5H3,(H,19,20). The van der Waals surface area contributed by atoms with Crippen molar-refractivity contribution in [1.82, 2.24) is 25.4 Å². The highest BCUT2D eigenvalue weighted by molar-refractivity contribution is 7.90. The maximum Gasteiger partial charge on any atom is 0.416 e. The van der Waals surface area contributed by atoms with Gasteiger partial charge in [-0.05, 0) is 314 Å². The number of carbonyl (C=O) groups is 3. The highest BCUT2D eigenvalue weighted by Gasteiger charge is 2.49. The van der Waals surface area contributed by atoms with Crippen molar-refractivity contribution >= 4 is 37.8 Å². The lowest BCUT2D eigenvalue weighted by atomic mass is 9.78. The van der Waals surface area contributed by atoms with Gasteiger partial charge in [0.2, 0.25) is 20.0 Å². The third-order valence-corrected chi connectivity index (χ3v) is 26.5. The zero-order chi connectivity index (χ0) is 92.9. The highest BCUT2D eigenvalue weighted by Crippen LogP contribution is 2.58. The molecule has 0 saturated heterocycles. The Hall–Kier alpha value is -6.86. The molecule has 1 spiro atoms. The molecule has 4 aliphatic rings. The van der Waals surface area contributed by atoms with Crippen molar-refractivity contribution < 1.29 is 49.1 Å². The van der Waals surface area contributed by atoms with E-state index < -0.39 is 54.3 Å². The molecule has 5 N–H and O–H groups in total. The van der Waals surface area contributed by atoms with Crippen LogP contribution in [-0.2, 0) is 58.7 Å². The first-order chi connectivity index (χ1) is 54.7. The Balaban J connectivity index is 0.000000258. The van der Waals surface area contributed by atoms with Gasteiger partial charge in [0.15, 0.2) is 0 Å². The zero-order valence-corrected chi connectivity index (χ0v) is 83.1. The van der Waals surface area contributed by atoms with Crippen molar-refractivity contribution in [1.29, 1.82) is 0 Å². The van der Waals surface area contributed by atoms with Crippen LogP contribution in [0.5, 0.6) is 5.75 Å². The third-order valence-electron chi connectivity index (χ3n) is 22.9. The average Bonchev–Trinajstić information content (AvgIpc) is 1.57. The predicted octanol–water partition coefficient (Wildman–Crippen LogP) is 26.4. The van der Waals surface area contributed by atoms with Crippen LogP contribution in [0.2, 0.25) is 0 Å². The molecule has 676 valence electrons. The van der Waals surface area contributed by atoms with Gasteiger partial charge in [-0.15, -0.1) is 0 Å². The van der Waals surface area contributed by atoms with Crippen LogP contribution >= 0.6 is 0 Å². The number of ether oxygens (including phenoxy) is 1. The lowest BCUT2D eigenvalue weighted by Crippen LogP contribution is -2.43. The predicted molar refractivity (Wildman–Crippen MR) is 500 cm³/mol. The molecule has 3 aliphatic carbocycles. The van der Waals surface area contributed by atoms with Gasteiger partial charge in [-0.25, -0.2) is 26.3 Å². The molecule has 3 saturated carbocycles. The Kier molecular flexibility index (Phi) is 34.0. The summed E-state index contributed by atoms with van der Waals surface area (Å²) in [5, 5.41) is 8.72. The highest BCUT2D eigenvalue weighted by atomic mass is 32.2. The topological polar surface area (TPSA) is 189 Å². The molecule has 1 aliphatic heterocycles.